The van der Waals surface area contributed by atoms with Crippen molar-refractivity contribution in [3.8, 4) is 5.75 Å². The molecule has 0 amide bonds. The van der Waals surface area contributed by atoms with Gasteiger partial charge in [0.25, 0.3) is 0 Å². The van der Waals surface area contributed by atoms with Crippen LogP contribution in [0.5, 0.6) is 5.75 Å². The van der Waals surface area contributed by atoms with Crippen LogP contribution in [0.3, 0.4) is 0 Å². The Hall–Kier alpha value is -2.67. The Kier molecular flexibility index (Phi) is 4.59. The van der Waals surface area contributed by atoms with Crippen molar-refractivity contribution in [2.45, 2.75) is 12.5 Å². The first kappa shape index (κ1) is 17.2. The Balaban J connectivity index is 2.02. The molecule has 0 aromatic heterocycles. The molecule has 2 aromatic carbocycles. The van der Waals surface area contributed by atoms with Crippen LogP contribution in [0.25, 0.3) is 0 Å². The Morgan fingerprint density at radius 3 is 2.68 bits per heavy atom. The monoisotopic (exact) mass is 346 g/mol. The number of nitrogens with zero attached hydrogens (tertiary/aromatic N) is 2. The molecule has 0 saturated carbocycles. The zero-order chi connectivity index (χ0) is 18.0. The minimum absolute atomic E-state index is 0.201. The van der Waals surface area contributed by atoms with E-state index in [2.05, 4.69) is 0 Å². The highest BCUT2D eigenvalue weighted by atomic mass is 19.1. The molecule has 0 N–H and O–H groups in total. The summed E-state index contributed by atoms with van der Waals surface area (Å²) in [6, 6.07) is 12.2. The minimum Gasteiger partial charge on any atom is -0.497 e. The number of hydrogen-bond donors (Lipinski definition) is 0. The maximum absolute atomic E-state index is 14.2. The minimum atomic E-state index is -0.910. The zero-order valence-electron chi connectivity index (χ0n) is 14.1. The molecule has 0 bridgehead atoms. The van der Waals surface area contributed by atoms with Crippen LogP contribution in [-0.2, 0) is 10.3 Å². The Bertz CT molecular complexity index is 784. The van der Waals surface area contributed by atoms with Crippen molar-refractivity contribution in [3.05, 3.63) is 64.0 Å². The van der Waals surface area contributed by atoms with Gasteiger partial charge < -0.3 is 14.4 Å². The average molecular weight is 346 g/mol. The van der Waals surface area contributed by atoms with Gasteiger partial charge in [0, 0.05) is 18.7 Å². The van der Waals surface area contributed by atoms with Crippen LogP contribution in [-0.4, -0.2) is 31.7 Å². The molecule has 1 aliphatic rings. The highest BCUT2D eigenvalue weighted by Crippen LogP contribution is 2.39. The summed E-state index contributed by atoms with van der Waals surface area (Å²) >= 11 is 0. The van der Waals surface area contributed by atoms with Crippen LogP contribution in [0.1, 0.15) is 12.5 Å². The predicted molar refractivity (Wildman–Crippen MR) is 91.6 cm³/mol. The highest BCUT2D eigenvalue weighted by molar-refractivity contribution is 5.67. The molecule has 1 atom stereocenters. The molecule has 1 unspecified atom stereocenters. The maximum atomic E-state index is 14.2. The quantitative estimate of drug-likeness (QED) is 0.626. The number of benzene rings is 2. The van der Waals surface area contributed by atoms with Gasteiger partial charge in [0.05, 0.1) is 25.2 Å². The van der Waals surface area contributed by atoms with Gasteiger partial charge >= 0.3 is 5.69 Å². The molecule has 1 aliphatic heterocycles. The number of nitro groups is 1. The van der Waals surface area contributed by atoms with Gasteiger partial charge in [-0.2, -0.15) is 4.39 Å². The third-order valence-corrected chi connectivity index (χ3v) is 4.43. The van der Waals surface area contributed by atoms with E-state index in [1.807, 2.05) is 37.3 Å². The van der Waals surface area contributed by atoms with Crippen molar-refractivity contribution >= 4 is 11.4 Å². The summed E-state index contributed by atoms with van der Waals surface area (Å²) in [5.74, 6) is -0.668. The summed E-state index contributed by atoms with van der Waals surface area (Å²) in [5, 5.41) is 11.4. The molecule has 0 aliphatic carbocycles. The van der Waals surface area contributed by atoms with Crippen LogP contribution in [0.15, 0.2) is 42.5 Å². The number of hydrogen-bond acceptors (Lipinski definition) is 5. The normalized spacial score (nSPS) is 20.4. The van der Waals surface area contributed by atoms with E-state index in [1.54, 1.807) is 4.90 Å². The van der Waals surface area contributed by atoms with E-state index in [0.717, 1.165) is 11.6 Å². The molecule has 1 heterocycles. The molecule has 6 nitrogen and oxygen atoms in total. The van der Waals surface area contributed by atoms with E-state index in [9.17, 15) is 14.5 Å². The lowest BCUT2D eigenvalue weighted by atomic mass is 9.93. The van der Waals surface area contributed by atoms with Crippen LogP contribution in [0, 0.1) is 15.9 Å². The lowest BCUT2D eigenvalue weighted by Gasteiger charge is -2.41. The number of morpholine rings is 1. The second kappa shape index (κ2) is 6.68. The van der Waals surface area contributed by atoms with E-state index in [0.29, 0.717) is 19.7 Å². The topological polar surface area (TPSA) is 64.8 Å². The Morgan fingerprint density at radius 2 is 2.04 bits per heavy atom. The zero-order valence-corrected chi connectivity index (χ0v) is 14.1. The molecule has 132 valence electrons. The number of anilines is 1. The summed E-state index contributed by atoms with van der Waals surface area (Å²) in [7, 11) is 1.40. The largest absolute Gasteiger partial charge is 0.497 e. The van der Waals surface area contributed by atoms with Gasteiger partial charge in [0.15, 0.2) is 0 Å². The van der Waals surface area contributed by atoms with Crippen molar-refractivity contribution in [3.63, 3.8) is 0 Å². The van der Waals surface area contributed by atoms with E-state index < -0.39 is 22.0 Å². The first-order valence-electron chi connectivity index (χ1n) is 7.91. The molecule has 1 fully saturated rings. The lowest BCUT2D eigenvalue weighted by Crippen LogP contribution is -2.48. The number of ether oxygens (including phenoxy) is 2. The smallest absolute Gasteiger partial charge is 0.328 e. The van der Waals surface area contributed by atoms with E-state index in [1.165, 1.54) is 13.2 Å². The fourth-order valence-corrected chi connectivity index (χ4v) is 3.14. The molecule has 25 heavy (non-hydrogen) atoms. The highest BCUT2D eigenvalue weighted by Gasteiger charge is 2.37. The number of halogens is 1. The molecule has 3 rings (SSSR count). The number of methoxy groups -OCH3 is 1. The van der Waals surface area contributed by atoms with E-state index >= 15 is 0 Å². The predicted octanol–water partition coefficient (Wildman–Crippen LogP) is 3.49. The van der Waals surface area contributed by atoms with Crippen molar-refractivity contribution in [1.29, 1.82) is 0 Å². The molecular weight excluding hydrogens is 327 g/mol. The molecular formula is C18H19FN2O4. The third kappa shape index (κ3) is 3.28. The van der Waals surface area contributed by atoms with Crippen molar-refractivity contribution in [1.82, 2.24) is 0 Å². The second-order valence-electron chi connectivity index (χ2n) is 6.10. The van der Waals surface area contributed by atoms with Crippen LogP contribution in [0.2, 0.25) is 0 Å². The van der Waals surface area contributed by atoms with Gasteiger partial charge in [-0.15, -0.1) is 0 Å². The summed E-state index contributed by atoms with van der Waals surface area (Å²) in [6.07, 6.45) is 0. The summed E-state index contributed by atoms with van der Waals surface area (Å²) in [4.78, 5) is 12.5. The SMILES string of the molecule is COc1cc(F)c([N+](=O)[O-])c(N2CCOC(C)(c3ccccc3)C2)c1. The van der Waals surface area contributed by atoms with Gasteiger partial charge in [0.2, 0.25) is 5.82 Å². The molecule has 1 saturated heterocycles. The first-order chi connectivity index (χ1) is 11.9. The van der Waals surface area contributed by atoms with Crippen molar-refractivity contribution < 1.29 is 18.8 Å². The number of rotatable bonds is 4. The summed E-state index contributed by atoms with van der Waals surface area (Å²) < 4.78 is 25.3. The Morgan fingerprint density at radius 1 is 1.32 bits per heavy atom. The Labute approximate surface area is 144 Å². The third-order valence-electron chi connectivity index (χ3n) is 4.43. The van der Waals surface area contributed by atoms with Gasteiger partial charge in [-0.3, -0.25) is 10.1 Å². The summed E-state index contributed by atoms with van der Waals surface area (Å²) in [5.41, 5.74) is -0.0245. The standard InChI is InChI=1S/C18H19FN2O4/c1-18(13-6-4-3-5-7-13)12-20(8-9-25-18)16-11-14(24-2)10-15(19)17(16)21(22)23/h3-7,10-11H,8-9,12H2,1-2H3. The number of nitro benzene ring substituents is 1. The van der Waals surface area contributed by atoms with E-state index in [-0.39, 0.29) is 11.4 Å². The van der Waals surface area contributed by atoms with Crippen LogP contribution in [0.4, 0.5) is 15.8 Å². The average Bonchev–Trinajstić information content (AvgIpc) is 2.61. The van der Waals surface area contributed by atoms with Crippen LogP contribution < -0.4 is 9.64 Å². The summed E-state index contributed by atoms with van der Waals surface area (Å²) in [6.45, 7) is 3.10. The fraction of sp³-hybridized carbons (Fsp3) is 0.333. The van der Waals surface area contributed by atoms with Gasteiger partial charge in [-0.25, -0.2) is 0 Å². The second-order valence-corrected chi connectivity index (χ2v) is 6.10. The van der Waals surface area contributed by atoms with Crippen LogP contribution >= 0.6 is 0 Å². The lowest BCUT2D eigenvalue weighted by molar-refractivity contribution is -0.386. The van der Waals surface area contributed by atoms with Crippen molar-refractivity contribution in [2.75, 3.05) is 31.7 Å². The molecule has 2 aromatic rings. The van der Waals surface area contributed by atoms with Crippen molar-refractivity contribution in [2.24, 2.45) is 0 Å². The van der Waals surface area contributed by atoms with Gasteiger partial charge in [0.1, 0.15) is 17.0 Å². The van der Waals surface area contributed by atoms with Gasteiger partial charge in [-0.1, -0.05) is 30.3 Å². The first-order valence-corrected chi connectivity index (χ1v) is 7.91. The van der Waals surface area contributed by atoms with E-state index in [4.69, 9.17) is 9.47 Å². The molecule has 0 spiro atoms. The maximum Gasteiger partial charge on any atom is 0.328 e. The molecule has 0 radical (unpaired) electrons. The van der Waals surface area contributed by atoms with Gasteiger partial charge in [-0.05, 0) is 12.5 Å². The fourth-order valence-electron chi connectivity index (χ4n) is 3.14. The molecule has 7 heteroatoms.